The van der Waals surface area contributed by atoms with E-state index >= 15 is 0 Å². The van der Waals surface area contributed by atoms with Gasteiger partial charge in [-0.15, -0.1) is 0 Å². The summed E-state index contributed by atoms with van der Waals surface area (Å²) < 4.78 is 1.03. The maximum absolute atomic E-state index is 11.9. The highest BCUT2D eigenvalue weighted by molar-refractivity contribution is 14.1. The summed E-state index contributed by atoms with van der Waals surface area (Å²) in [5.41, 5.74) is 0.262. The smallest absolute Gasteiger partial charge is 0.268 e. The number of benzene rings is 1. The molecule has 1 aromatic rings. The summed E-state index contributed by atoms with van der Waals surface area (Å²) in [6.07, 6.45) is 0. The standard InChI is InChI=1S/C11H15IN2O/c1-11(2,3)14(13)10(15)8-5-4-6-9(12)7-8/h4-7H,13H2,1-3H3. The van der Waals surface area contributed by atoms with Crippen LogP contribution < -0.4 is 5.84 Å². The summed E-state index contributed by atoms with van der Waals surface area (Å²) in [6.45, 7) is 5.70. The van der Waals surface area contributed by atoms with Gasteiger partial charge in [0.2, 0.25) is 0 Å². The Kier molecular flexibility index (Phi) is 3.72. The zero-order valence-electron chi connectivity index (χ0n) is 9.12. The van der Waals surface area contributed by atoms with E-state index < -0.39 is 0 Å². The van der Waals surface area contributed by atoms with E-state index in [2.05, 4.69) is 22.6 Å². The van der Waals surface area contributed by atoms with E-state index in [0.29, 0.717) is 5.56 Å². The third-order valence-electron chi connectivity index (χ3n) is 2.01. The molecule has 0 spiro atoms. The first-order valence-electron chi connectivity index (χ1n) is 4.67. The fraction of sp³-hybridized carbons (Fsp3) is 0.364. The molecule has 2 N–H and O–H groups in total. The van der Waals surface area contributed by atoms with E-state index in [1.807, 2.05) is 39.0 Å². The Morgan fingerprint density at radius 3 is 2.47 bits per heavy atom. The molecule has 4 heteroatoms. The van der Waals surface area contributed by atoms with Gasteiger partial charge in [-0.05, 0) is 61.6 Å². The second-order valence-corrected chi connectivity index (χ2v) is 5.60. The SMILES string of the molecule is CC(C)(C)N(N)C(=O)c1cccc(I)c1. The molecule has 1 rings (SSSR count). The Hall–Kier alpha value is -0.620. The largest absolute Gasteiger partial charge is 0.271 e. The third kappa shape index (κ3) is 3.17. The quantitative estimate of drug-likeness (QED) is 0.374. The molecule has 0 radical (unpaired) electrons. The lowest BCUT2D eigenvalue weighted by Crippen LogP contribution is -2.50. The molecule has 0 aliphatic carbocycles. The molecule has 0 aliphatic heterocycles. The maximum atomic E-state index is 11.9. The number of amides is 1. The van der Waals surface area contributed by atoms with Gasteiger partial charge in [-0.2, -0.15) is 0 Å². The Bertz CT molecular complexity index is 371. The minimum Gasteiger partial charge on any atom is -0.271 e. The number of hydrogen-bond donors (Lipinski definition) is 1. The predicted octanol–water partition coefficient (Wildman–Crippen LogP) is 2.41. The van der Waals surface area contributed by atoms with Gasteiger partial charge in [0.25, 0.3) is 5.91 Å². The summed E-state index contributed by atoms with van der Waals surface area (Å²) >= 11 is 2.17. The summed E-state index contributed by atoms with van der Waals surface area (Å²) in [4.78, 5) is 11.9. The van der Waals surface area contributed by atoms with E-state index in [0.717, 1.165) is 3.57 Å². The number of carbonyl (C=O) groups is 1. The second-order valence-electron chi connectivity index (χ2n) is 4.36. The molecule has 0 bridgehead atoms. The maximum Gasteiger partial charge on any atom is 0.268 e. The van der Waals surface area contributed by atoms with Crippen molar-refractivity contribution >= 4 is 28.5 Å². The molecule has 0 heterocycles. The van der Waals surface area contributed by atoms with Crippen LogP contribution in [0, 0.1) is 3.57 Å². The van der Waals surface area contributed by atoms with E-state index in [9.17, 15) is 4.79 Å². The average molecular weight is 318 g/mol. The van der Waals surface area contributed by atoms with Gasteiger partial charge in [-0.25, -0.2) is 5.84 Å². The van der Waals surface area contributed by atoms with Gasteiger partial charge in [-0.3, -0.25) is 9.80 Å². The fourth-order valence-corrected chi connectivity index (χ4v) is 1.61. The molecular formula is C11H15IN2O. The van der Waals surface area contributed by atoms with Gasteiger partial charge in [0.05, 0.1) is 5.54 Å². The van der Waals surface area contributed by atoms with E-state index in [-0.39, 0.29) is 11.4 Å². The molecule has 0 saturated heterocycles. The Morgan fingerprint density at radius 2 is 2.00 bits per heavy atom. The molecule has 0 aliphatic rings. The Morgan fingerprint density at radius 1 is 1.40 bits per heavy atom. The number of carbonyl (C=O) groups excluding carboxylic acids is 1. The molecule has 0 unspecified atom stereocenters. The van der Waals surface area contributed by atoms with Crippen LogP contribution in [0.2, 0.25) is 0 Å². The third-order valence-corrected chi connectivity index (χ3v) is 2.68. The summed E-state index contributed by atoms with van der Waals surface area (Å²) in [6, 6.07) is 7.39. The fourth-order valence-electron chi connectivity index (χ4n) is 1.07. The lowest BCUT2D eigenvalue weighted by molar-refractivity contribution is 0.0582. The van der Waals surface area contributed by atoms with Gasteiger partial charge in [0, 0.05) is 9.13 Å². The van der Waals surface area contributed by atoms with Crippen LogP contribution in [-0.4, -0.2) is 16.5 Å². The number of hydrazine groups is 1. The lowest BCUT2D eigenvalue weighted by atomic mass is 10.1. The summed E-state index contributed by atoms with van der Waals surface area (Å²) in [5, 5.41) is 1.26. The van der Waals surface area contributed by atoms with Gasteiger partial charge in [0.1, 0.15) is 0 Å². The van der Waals surface area contributed by atoms with Crippen LogP contribution in [-0.2, 0) is 0 Å². The van der Waals surface area contributed by atoms with E-state index in [1.54, 1.807) is 6.07 Å². The van der Waals surface area contributed by atoms with Crippen LogP contribution in [0.5, 0.6) is 0 Å². The Labute approximate surface area is 104 Å². The average Bonchev–Trinajstić information content (AvgIpc) is 2.14. The minimum atomic E-state index is -0.363. The number of rotatable bonds is 1. The van der Waals surface area contributed by atoms with Crippen molar-refractivity contribution in [2.45, 2.75) is 26.3 Å². The van der Waals surface area contributed by atoms with Crippen LogP contribution in [0.3, 0.4) is 0 Å². The van der Waals surface area contributed by atoms with Gasteiger partial charge in [-0.1, -0.05) is 6.07 Å². The van der Waals surface area contributed by atoms with Crippen molar-refractivity contribution in [1.29, 1.82) is 0 Å². The second kappa shape index (κ2) is 4.49. The molecule has 0 aromatic heterocycles. The molecule has 3 nitrogen and oxygen atoms in total. The highest BCUT2D eigenvalue weighted by Gasteiger charge is 2.24. The molecule has 0 saturated carbocycles. The minimum absolute atomic E-state index is 0.152. The van der Waals surface area contributed by atoms with Crippen molar-refractivity contribution in [3.63, 3.8) is 0 Å². The van der Waals surface area contributed by atoms with Gasteiger partial charge < -0.3 is 0 Å². The monoisotopic (exact) mass is 318 g/mol. The number of hydrogen-bond acceptors (Lipinski definition) is 2. The zero-order valence-corrected chi connectivity index (χ0v) is 11.3. The first-order chi connectivity index (χ1) is 6.82. The molecular weight excluding hydrogens is 303 g/mol. The van der Waals surface area contributed by atoms with E-state index in [4.69, 9.17) is 5.84 Å². The van der Waals surface area contributed by atoms with Crippen molar-refractivity contribution in [2.75, 3.05) is 0 Å². The van der Waals surface area contributed by atoms with Crippen LogP contribution in [0.1, 0.15) is 31.1 Å². The molecule has 82 valence electrons. The first-order valence-corrected chi connectivity index (χ1v) is 5.75. The molecule has 15 heavy (non-hydrogen) atoms. The number of halogens is 1. The summed E-state index contributed by atoms with van der Waals surface area (Å²) in [5.74, 6) is 5.61. The number of nitrogens with two attached hydrogens (primary N) is 1. The van der Waals surface area contributed by atoms with Crippen molar-refractivity contribution in [1.82, 2.24) is 5.01 Å². The predicted molar refractivity (Wildman–Crippen MR) is 69.3 cm³/mol. The molecule has 1 amide bonds. The van der Waals surface area contributed by atoms with Gasteiger partial charge in [0.15, 0.2) is 0 Å². The molecule has 1 aromatic carbocycles. The normalized spacial score (nSPS) is 11.3. The molecule has 0 atom stereocenters. The van der Waals surface area contributed by atoms with Crippen molar-refractivity contribution in [3.05, 3.63) is 33.4 Å². The highest BCUT2D eigenvalue weighted by atomic mass is 127. The van der Waals surface area contributed by atoms with Crippen molar-refractivity contribution in [3.8, 4) is 0 Å². The first kappa shape index (κ1) is 12.4. The summed E-state index contributed by atoms with van der Waals surface area (Å²) in [7, 11) is 0. The number of nitrogens with zero attached hydrogens (tertiary/aromatic N) is 1. The Balaban J connectivity index is 2.95. The topological polar surface area (TPSA) is 46.3 Å². The lowest BCUT2D eigenvalue weighted by Gasteiger charge is -2.31. The van der Waals surface area contributed by atoms with E-state index in [1.165, 1.54) is 5.01 Å². The van der Waals surface area contributed by atoms with Crippen LogP contribution in [0.25, 0.3) is 0 Å². The van der Waals surface area contributed by atoms with Crippen molar-refractivity contribution in [2.24, 2.45) is 5.84 Å². The van der Waals surface area contributed by atoms with Crippen LogP contribution in [0.4, 0.5) is 0 Å². The van der Waals surface area contributed by atoms with Crippen LogP contribution in [0.15, 0.2) is 24.3 Å². The zero-order chi connectivity index (χ0) is 11.6. The van der Waals surface area contributed by atoms with Crippen molar-refractivity contribution < 1.29 is 4.79 Å². The highest BCUT2D eigenvalue weighted by Crippen LogP contribution is 2.14. The molecule has 0 fully saturated rings. The van der Waals surface area contributed by atoms with Gasteiger partial charge >= 0.3 is 0 Å². The van der Waals surface area contributed by atoms with Crippen LogP contribution >= 0.6 is 22.6 Å².